The molecule has 0 aromatic heterocycles. The number of rotatable bonds is 5. The molecule has 2 aromatic carbocycles. The van der Waals surface area contributed by atoms with E-state index in [1.165, 1.54) is 0 Å². The van der Waals surface area contributed by atoms with Crippen molar-refractivity contribution >= 4 is 15.9 Å². The van der Waals surface area contributed by atoms with E-state index in [1.807, 2.05) is 25.1 Å². The first-order valence-electron chi connectivity index (χ1n) is 6.60. The number of hydrazine groups is 1. The highest BCUT2D eigenvalue weighted by molar-refractivity contribution is 9.10. The minimum absolute atomic E-state index is 0.299. The molecule has 0 aliphatic heterocycles. The number of halogens is 2. The highest BCUT2D eigenvalue weighted by Crippen LogP contribution is 2.29. The summed E-state index contributed by atoms with van der Waals surface area (Å²) in [5.41, 5.74) is 5.32. The Kier molecular flexibility index (Phi) is 5.33. The number of hydrogen-bond donors (Lipinski definition) is 2. The molecule has 0 saturated heterocycles. The van der Waals surface area contributed by atoms with Crippen LogP contribution >= 0.6 is 15.9 Å². The van der Waals surface area contributed by atoms with Crippen LogP contribution in [0.25, 0.3) is 0 Å². The number of aryl methyl sites for hydroxylation is 1. The lowest BCUT2D eigenvalue weighted by Gasteiger charge is -2.19. The quantitative estimate of drug-likeness (QED) is 0.637. The van der Waals surface area contributed by atoms with E-state index < -0.39 is 0 Å². The number of ether oxygens (including phenoxy) is 1. The number of nitrogens with one attached hydrogen (secondary N) is 1. The van der Waals surface area contributed by atoms with Gasteiger partial charge in [0.05, 0.1) is 17.6 Å². The number of hydrogen-bond acceptors (Lipinski definition) is 3. The molecule has 0 fully saturated rings. The van der Waals surface area contributed by atoms with Crippen LogP contribution in [0.5, 0.6) is 5.75 Å². The number of nitrogens with two attached hydrogens (primary N) is 1. The van der Waals surface area contributed by atoms with Gasteiger partial charge in [0.25, 0.3) is 0 Å². The smallest absolute Gasteiger partial charge is 0.142 e. The van der Waals surface area contributed by atoms with Gasteiger partial charge in [-0.2, -0.15) is 0 Å². The third-order valence-electron chi connectivity index (χ3n) is 3.42. The molecule has 2 aromatic rings. The molecule has 1 unspecified atom stereocenters. The van der Waals surface area contributed by atoms with E-state index in [9.17, 15) is 4.39 Å². The average molecular weight is 353 g/mol. The van der Waals surface area contributed by atoms with Crippen LogP contribution in [0.3, 0.4) is 0 Å². The zero-order valence-electron chi connectivity index (χ0n) is 12.0. The first-order chi connectivity index (χ1) is 10.1. The van der Waals surface area contributed by atoms with Crippen LogP contribution in [0.4, 0.5) is 4.39 Å². The van der Waals surface area contributed by atoms with Crippen molar-refractivity contribution in [3.8, 4) is 5.75 Å². The lowest BCUT2D eigenvalue weighted by molar-refractivity contribution is 0.404. The van der Waals surface area contributed by atoms with Crippen molar-refractivity contribution in [2.24, 2.45) is 5.84 Å². The van der Waals surface area contributed by atoms with E-state index in [2.05, 4.69) is 21.4 Å². The van der Waals surface area contributed by atoms with Gasteiger partial charge in [-0.25, -0.2) is 4.39 Å². The molecule has 5 heteroatoms. The summed E-state index contributed by atoms with van der Waals surface area (Å²) in [6.45, 7) is 2.01. The fourth-order valence-electron chi connectivity index (χ4n) is 2.34. The Morgan fingerprint density at radius 2 is 2.10 bits per heavy atom. The molecule has 0 heterocycles. The van der Waals surface area contributed by atoms with Crippen molar-refractivity contribution in [2.45, 2.75) is 19.4 Å². The van der Waals surface area contributed by atoms with Gasteiger partial charge in [0.1, 0.15) is 11.6 Å². The molecule has 0 aliphatic carbocycles. The van der Waals surface area contributed by atoms with Gasteiger partial charge in [-0.15, -0.1) is 0 Å². The SMILES string of the molecule is COc1ccc(C)cc1CC(NN)c1cccc(Br)c1F. The first-order valence-corrected chi connectivity index (χ1v) is 7.39. The van der Waals surface area contributed by atoms with Gasteiger partial charge in [-0.1, -0.05) is 29.8 Å². The topological polar surface area (TPSA) is 47.3 Å². The molecular formula is C16H18BrFN2O. The molecule has 0 radical (unpaired) electrons. The third kappa shape index (κ3) is 3.61. The van der Waals surface area contributed by atoms with Gasteiger partial charge in [0.15, 0.2) is 0 Å². The van der Waals surface area contributed by atoms with Crippen molar-refractivity contribution in [2.75, 3.05) is 7.11 Å². The van der Waals surface area contributed by atoms with Gasteiger partial charge in [-0.3, -0.25) is 11.3 Å². The Bertz CT molecular complexity index is 634. The van der Waals surface area contributed by atoms with Crippen molar-refractivity contribution in [1.29, 1.82) is 0 Å². The second kappa shape index (κ2) is 7.02. The molecule has 2 rings (SSSR count). The molecule has 3 nitrogen and oxygen atoms in total. The summed E-state index contributed by atoms with van der Waals surface area (Å²) in [7, 11) is 1.62. The third-order valence-corrected chi connectivity index (χ3v) is 4.03. The van der Waals surface area contributed by atoms with Crippen LogP contribution in [-0.2, 0) is 6.42 Å². The Morgan fingerprint density at radius 3 is 2.76 bits per heavy atom. The predicted molar refractivity (Wildman–Crippen MR) is 85.6 cm³/mol. The van der Waals surface area contributed by atoms with E-state index in [0.29, 0.717) is 16.5 Å². The van der Waals surface area contributed by atoms with Crippen molar-refractivity contribution in [1.82, 2.24) is 5.43 Å². The summed E-state index contributed by atoms with van der Waals surface area (Å²) < 4.78 is 20.0. The molecule has 0 amide bonds. The highest BCUT2D eigenvalue weighted by atomic mass is 79.9. The minimum Gasteiger partial charge on any atom is -0.496 e. The Labute approximate surface area is 132 Å². The van der Waals surface area contributed by atoms with Gasteiger partial charge in [0.2, 0.25) is 0 Å². The lowest BCUT2D eigenvalue weighted by atomic mass is 9.97. The maximum Gasteiger partial charge on any atom is 0.142 e. The summed E-state index contributed by atoms with van der Waals surface area (Å²) >= 11 is 3.20. The van der Waals surface area contributed by atoms with Crippen molar-refractivity contribution in [3.63, 3.8) is 0 Å². The molecule has 0 saturated carbocycles. The Morgan fingerprint density at radius 1 is 1.33 bits per heavy atom. The van der Waals surface area contributed by atoms with Crippen LogP contribution in [0.1, 0.15) is 22.7 Å². The lowest BCUT2D eigenvalue weighted by Crippen LogP contribution is -2.30. The normalized spacial score (nSPS) is 12.2. The second-order valence-corrected chi connectivity index (χ2v) is 5.74. The molecule has 3 N–H and O–H groups in total. The van der Waals surface area contributed by atoms with Gasteiger partial charge >= 0.3 is 0 Å². The summed E-state index contributed by atoms with van der Waals surface area (Å²) in [6, 6.07) is 10.8. The molecule has 1 atom stereocenters. The summed E-state index contributed by atoms with van der Waals surface area (Å²) in [5.74, 6) is 6.10. The maximum atomic E-state index is 14.2. The van der Waals surface area contributed by atoms with E-state index in [-0.39, 0.29) is 11.9 Å². The van der Waals surface area contributed by atoms with Gasteiger partial charge in [0, 0.05) is 5.56 Å². The monoisotopic (exact) mass is 352 g/mol. The molecular weight excluding hydrogens is 335 g/mol. The second-order valence-electron chi connectivity index (χ2n) is 4.88. The van der Waals surface area contributed by atoms with Crippen LogP contribution < -0.4 is 16.0 Å². The molecule has 0 aliphatic rings. The van der Waals surface area contributed by atoms with E-state index in [4.69, 9.17) is 10.6 Å². The Balaban J connectivity index is 2.35. The van der Waals surface area contributed by atoms with Crippen LogP contribution in [-0.4, -0.2) is 7.11 Å². The maximum absolute atomic E-state index is 14.2. The highest BCUT2D eigenvalue weighted by Gasteiger charge is 2.18. The Hall–Kier alpha value is -1.43. The van der Waals surface area contributed by atoms with Crippen molar-refractivity contribution in [3.05, 3.63) is 63.4 Å². The average Bonchev–Trinajstić information content (AvgIpc) is 2.48. The minimum atomic E-state index is -0.335. The molecule has 0 bridgehead atoms. The van der Waals surface area contributed by atoms with E-state index >= 15 is 0 Å². The fraction of sp³-hybridized carbons (Fsp3) is 0.250. The van der Waals surface area contributed by atoms with E-state index in [1.54, 1.807) is 25.3 Å². The fourth-order valence-corrected chi connectivity index (χ4v) is 2.72. The van der Waals surface area contributed by atoms with Crippen LogP contribution in [0.15, 0.2) is 40.9 Å². The molecule has 112 valence electrons. The number of benzene rings is 2. The van der Waals surface area contributed by atoms with Crippen LogP contribution in [0.2, 0.25) is 0 Å². The summed E-state index contributed by atoms with van der Waals surface area (Å²) in [4.78, 5) is 0. The van der Waals surface area contributed by atoms with E-state index in [0.717, 1.165) is 16.9 Å². The summed E-state index contributed by atoms with van der Waals surface area (Å²) in [6.07, 6.45) is 0.536. The van der Waals surface area contributed by atoms with Gasteiger partial charge in [-0.05, 0) is 47.0 Å². The van der Waals surface area contributed by atoms with Crippen molar-refractivity contribution < 1.29 is 9.13 Å². The molecule has 0 spiro atoms. The molecule has 21 heavy (non-hydrogen) atoms. The predicted octanol–water partition coefficient (Wildman–Crippen LogP) is 3.65. The number of methoxy groups -OCH3 is 1. The first kappa shape index (κ1) is 15.9. The summed E-state index contributed by atoms with van der Waals surface area (Å²) in [5, 5.41) is 0. The van der Waals surface area contributed by atoms with Gasteiger partial charge < -0.3 is 4.74 Å². The standard InChI is InChI=1S/C16H18BrFN2O/c1-10-6-7-15(21-2)11(8-10)9-14(20-19)12-4-3-5-13(17)16(12)18/h3-8,14,20H,9,19H2,1-2H3. The van der Waals surface area contributed by atoms with Crippen LogP contribution in [0, 0.1) is 12.7 Å². The zero-order chi connectivity index (χ0) is 15.4. The zero-order valence-corrected chi connectivity index (χ0v) is 13.6. The largest absolute Gasteiger partial charge is 0.496 e.